The Morgan fingerprint density at radius 2 is 2.13 bits per heavy atom. The molecule has 2 unspecified atom stereocenters. The van der Waals surface area contributed by atoms with E-state index < -0.39 is 12.0 Å². The van der Waals surface area contributed by atoms with E-state index >= 15 is 0 Å². The van der Waals surface area contributed by atoms with Gasteiger partial charge >= 0.3 is 5.97 Å². The molecule has 0 saturated carbocycles. The first-order valence-corrected chi connectivity index (χ1v) is 6.17. The zero-order valence-corrected chi connectivity index (χ0v) is 10.2. The number of carboxylic acids is 1. The standard InChI is InChI=1S/C10H21NO3S/c1-3-4-10(2,5-6-12)15-7-8(11)9(13)14/h8,12H,3-7,11H2,1-2H3,(H,13,14). The summed E-state index contributed by atoms with van der Waals surface area (Å²) in [4.78, 5) is 10.5. The molecule has 0 heterocycles. The van der Waals surface area contributed by atoms with Crippen molar-refractivity contribution in [3.05, 3.63) is 0 Å². The van der Waals surface area contributed by atoms with Crippen LogP contribution in [0.15, 0.2) is 0 Å². The van der Waals surface area contributed by atoms with Crippen LogP contribution in [-0.4, -0.2) is 39.3 Å². The first kappa shape index (κ1) is 14.7. The average molecular weight is 235 g/mol. The third-order valence-corrected chi connectivity index (χ3v) is 3.98. The van der Waals surface area contributed by atoms with Crippen molar-refractivity contribution in [2.45, 2.75) is 43.9 Å². The van der Waals surface area contributed by atoms with Gasteiger partial charge in [0.1, 0.15) is 6.04 Å². The van der Waals surface area contributed by atoms with Crippen molar-refractivity contribution < 1.29 is 15.0 Å². The fourth-order valence-corrected chi connectivity index (χ4v) is 2.71. The number of aliphatic hydroxyl groups is 1. The maximum atomic E-state index is 10.5. The van der Waals surface area contributed by atoms with Crippen LogP contribution in [0, 0.1) is 0 Å². The summed E-state index contributed by atoms with van der Waals surface area (Å²) in [7, 11) is 0. The van der Waals surface area contributed by atoms with Crippen LogP contribution in [0.25, 0.3) is 0 Å². The van der Waals surface area contributed by atoms with Crippen LogP contribution in [0.1, 0.15) is 33.1 Å². The Kier molecular flexibility index (Phi) is 6.96. The molecule has 90 valence electrons. The van der Waals surface area contributed by atoms with Crippen molar-refractivity contribution in [2.75, 3.05) is 12.4 Å². The number of aliphatic hydroxyl groups excluding tert-OH is 1. The van der Waals surface area contributed by atoms with Crippen LogP contribution in [0.4, 0.5) is 0 Å². The predicted molar refractivity (Wildman–Crippen MR) is 63.1 cm³/mol. The zero-order valence-electron chi connectivity index (χ0n) is 9.40. The van der Waals surface area contributed by atoms with Gasteiger partial charge in [-0.15, -0.1) is 0 Å². The van der Waals surface area contributed by atoms with Crippen LogP contribution >= 0.6 is 11.8 Å². The number of nitrogens with two attached hydrogens (primary N) is 1. The topological polar surface area (TPSA) is 83.5 Å². The van der Waals surface area contributed by atoms with E-state index in [-0.39, 0.29) is 11.4 Å². The van der Waals surface area contributed by atoms with Crippen molar-refractivity contribution in [1.29, 1.82) is 0 Å². The Hall–Kier alpha value is -0.260. The lowest BCUT2D eigenvalue weighted by Crippen LogP contribution is -2.35. The Morgan fingerprint density at radius 3 is 2.53 bits per heavy atom. The molecule has 4 N–H and O–H groups in total. The van der Waals surface area contributed by atoms with Gasteiger partial charge in [0.15, 0.2) is 0 Å². The third kappa shape index (κ3) is 6.02. The predicted octanol–water partition coefficient (Wildman–Crippen LogP) is 1.07. The summed E-state index contributed by atoms with van der Waals surface area (Å²) in [6, 6.07) is -0.815. The molecule has 0 aliphatic rings. The van der Waals surface area contributed by atoms with Crippen LogP contribution in [0.5, 0.6) is 0 Å². The van der Waals surface area contributed by atoms with E-state index in [1.165, 1.54) is 0 Å². The molecule has 5 heteroatoms. The van der Waals surface area contributed by atoms with Gasteiger partial charge in [-0.3, -0.25) is 4.79 Å². The summed E-state index contributed by atoms with van der Waals surface area (Å²) < 4.78 is -0.0590. The molecular formula is C10H21NO3S. The van der Waals surface area contributed by atoms with Crippen molar-refractivity contribution in [2.24, 2.45) is 5.73 Å². The molecule has 4 nitrogen and oxygen atoms in total. The van der Waals surface area contributed by atoms with Crippen LogP contribution in [0.2, 0.25) is 0 Å². The summed E-state index contributed by atoms with van der Waals surface area (Å²) in [6.07, 6.45) is 2.66. The second-order valence-corrected chi connectivity index (χ2v) is 5.54. The van der Waals surface area contributed by atoms with Crippen LogP contribution < -0.4 is 5.73 Å². The third-order valence-electron chi connectivity index (χ3n) is 2.35. The van der Waals surface area contributed by atoms with Crippen molar-refractivity contribution in [1.82, 2.24) is 0 Å². The second kappa shape index (κ2) is 7.09. The fourth-order valence-electron chi connectivity index (χ4n) is 1.40. The first-order chi connectivity index (χ1) is 6.95. The normalized spacial score (nSPS) is 17.1. The Morgan fingerprint density at radius 1 is 1.53 bits per heavy atom. The van der Waals surface area contributed by atoms with Gasteiger partial charge in [0, 0.05) is 17.1 Å². The largest absolute Gasteiger partial charge is 0.480 e. The van der Waals surface area contributed by atoms with Crippen molar-refractivity contribution in [3.8, 4) is 0 Å². The van der Waals surface area contributed by atoms with Crippen LogP contribution in [-0.2, 0) is 4.79 Å². The highest BCUT2D eigenvalue weighted by molar-refractivity contribution is 8.00. The van der Waals surface area contributed by atoms with E-state index in [0.717, 1.165) is 12.8 Å². The van der Waals surface area contributed by atoms with Gasteiger partial charge in [-0.1, -0.05) is 20.3 Å². The summed E-state index contributed by atoms with van der Waals surface area (Å²) in [5.74, 6) is -0.573. The maximum absolute atomic E-state index is 10.5. The van der Waals surface area contributed by atoms with E-state index in [9.17, 15) is 4.79 Å². The van der Waals surface area contributed by atoms with Crippen molar-refractivity contribution in [3.63, 3.8) is 0 Å². The SMILES string of the molecule is CCCC(C)(CCO)SCC(N)C(=O)O. The highest BCUT2D eigenvalue weighted by Crippen LogP contribution is 2.33. The van der Waals surface area contributed by atoms with Gasteiger partial charge in [-0.2, -0.15) is 11.8 Å². The molecule has 15 heavy (non-hydrogen) atoms. The Bertz CT molecular complexity index is 193. The molecule has 0 radical (unpaired) electrons. The number of aliphatic carboxylic acids is 1. The Labute approximate surface area is 95.2 Å². The minimum atomic E-state index is -0.967. The van der Waals surface area contributed by atoms with Gasteiger partial charge in [0.05, 0.1) is 0 Å². The summed E-state index contributed by atoms with van der Waals surface area (Å²) >= 11 is 1.54. The Balaban J connectivity index is 4.11. The molecule has 0 spiro atoms. The highest BCUT2D eigenvalue weighted by Gasteiger charge is 2.25. The van der Waals surface area contributed by atoms with E-state index in [1.54, 1.807) is 11.8 Å². The van der Waals surface area contributed by atoms with Gasteiger partial charge in [0.25, 0.3) is 0 Å². The molecular weight excluding hydrogens is 214 g/mol. The van der Waals surface area contributed by atoms with Crippen LogP contribution in [0.3, 0.4) is 0 Å². The van der Waals surface area contributed by atoms with E-state index in [2.05, 4.69) is 6.92 Å². The number of rotatable bonds is 8. The summed E-state index contributed by atoms with van der Waals surface area (Å²) in [6.45, 7) is 4.26. The number of carboxylic acid groups (broad SMARTS) is 1. The molecule has 0 fully saturated rings. The summed E-state index contributed by atoms with van der Waals surface area (Å²) in [5.41, 5.74) is 5.43. The quantitative estimate of drug-likeness (QED) is 0.586. The lowest BCUT2D eigenvalue weighted by Gasteiger charge is -2.28. The van der Waals surface area contributed by atoms with Gasteiger partial charge < -0.3 is 15.9 Å². The van der Waals surface area contributed by atoms with Gasteiger partial charge in [0.2, 0.25) is 0 Å². The lowest BCUT2D eigenvalue weighted by atomic mass is 10.0. The van der Waals surface area contributed by atoms with Gasteiger partial charge in [-0.25, -0.2) is 0 Å². The maximum Gasteiger partial charge on any atom is 0.321 e. The van der Waals surface area contributed by atoms with Gasteiger partial charge in [-0.05, 0) is 12.8 Å². The highest BCUT2D eigenvalue weighted by atomic mass is 32.2. The number of hydrogen-bond acceptors (Lipinski definition) is 4. The molecule has 0 saturated heterocycles. The van der Waals surface area contributed by atoms with E-state index in [4.69, 9.17) is 15.9 Å². The average Bonchev–Trinajstić information content (AvgIpc) is 2.15. The molecule has 0 bridgehead atoms. The number of thioether (sulfide) groups is 1. The molecule has 2 atom stereocenters. The first-order valence-electron chi connectivity index (χ1n) is 5.18. The minimum absolute atomic E-state index is 0.0590. The molecule has 0 aromatic rings. The molecule has 0 aliphatic carbocycles. The minimum Gasteiger partial charge on any atom is -0.480 e. The molecule has 0 aromatic heterocycles. The number of hydrogen-bond donors (Lipinski definition) is 3. The van der Waals surface area contributed by atoms with Crippen molar-refractivity contribution >= 4 is 17.7 Å². The summed E-state index contributed by atoms with van der Waals surface area (Å²) in [5, 5.41) is 17.6. The lowest BCUT2D eigenvalue weighted by molar-refractivity contribution is -0.137. The molecule has 0 aromatic carbocycles. The number of carbonyl (C=O) groups is 1. The zero-order chi connectivity index (χ0) is 11.9. The molecule has 0 rings (SSSR count). The van der Waals surface area contributed by atoms with E-state index in [1.807, 2.05) is 6.92 Å². The fraction of sp³-hybridized carbons (Fsp3) is 0.900. The molecule has 0 aliphatic heterocycles. The monoisotopic (exact) mass is 235 g/mol. The second-order valence-electron chi connectivity index (χ2n) is 3.93. The van der Waals surface area contributed by atoms with E-state index in [0.29, 0.717) is 12.2 Å². The molecule has 0 amide bonds. The smallest absolute Gasteiger partial charge is 0.321 e.